The van der Waals surface area contributed by atoms with E-state index in [0.29, 0.717) is 24.3 Å². The molecule has 0 spiro atoms. The molecule has 0 aromatic heterocycles. The summed E-state index contributed by atoms with van der Waals surface area (Å²) in [6.07, 6.45) is -5.55. The van der Waals surface area contributed by atoms with E-state index in [1.165, 1.54) is 0 Å². The third-order valence-electron chi connectivity index (χ3n) is 4.04. The molecule has 0 amide bonds. The van der Waals surface area contributed by atoms with E-state index in [1.54, 1.807) is 0 Å². The summed E-state index contributed by atoms with van der Waals surface area (Å²) < 4.78 is 133. The summed E-state index contributed by atoms with van der Waals surface area (Å²) in [4.78, 5) is 0. The minimum Gasteiger partial charge on any atom is -0.453 e. The summed E-state index contributed by atoms with van der Waals surface area (Å²) >= 11 is 0. The lowest BCUT2D eigenvalue weighted by atomic mass is 10.1. The Hall–Kier alpha value is -3.77. The van der Waals surface area contributed by atoms with Gasteiger partial charge in [-0.3, -0.25) is 0 Å². The normalized spacial score (nSPS) is 11.5. The molecular weight excluding hydrogens is 459 g/mol. The van der Waals surface area contributed by atoms with Gasteiger partial charge in [-0.25, -0.2) is 22.0 Å². The van der Waals surface area contributed by atoms with Gasteiger partial charge in [-0.15, -0.1) is 0 Å². The molecule has 0 heterocycles. The van der Waals surface area contributed by atoms with E-state index in [4.69, 9.17) is 16.2 Å². The van der Waals surface area contributed by atoms with Gasteiger partial charge in [0.25, 0.3) is 0 Å². The maximum atomic E-state index is 14.3. The van der Waals surface area contributed by atoms with Crippen LogP contribution in [-0.2, 0) is 6.18 Å². The first kappa shape index (κ1) is 22.9. The Morgan fingerprint density at radius 1 is 0.562 bits per heavy atom. The summed E-state index contributed by atoms with van der Waals surface area (Å²) in [5.41, 5.74) is 5.73. The zero-order valence-corrected chi connectivity index (χ0v) is 15.3. The number of hydrogen-bond acceptors (Lipinski definition) is 4. The maximum Gasteiger partial charge on any atom is 0.422 e. The minimum atomic E-state index is -5.55. The molecule has 0 aliphatic rings. The zero-order chi connectivity index (χ0) is 24.0. The summed E-state index contributed by atoms with van der Waals surface area (Å²) in [6, 6.07) is 2.44. The van der Waals surface area contributed by atoms with Gasteiger partial charge in [0.15, 0.2) is 34.7 Å². The molecule has 0 bridgehead atoms. The monoisotopic (exact) mass is 468 g/mol. The number of nitrogens with two attached hydrogens (primary N) is 2. The molecule has 3 aromatic carbocycles. The lowest BCUT2D eigenvalue weighted by molar-refractivity contribution is -0.141. The Kier molecular flexibility index (Phi) is 5.76. The highest BCUT2D eigenvalue weighted by atomic mass is 19.4. The summed E-state index contributed by atoms with van der Waals surface area (Å²) in [6.45, 7) is 0. The molecule has 0 saturated carbocycles. The number of benzene rings is 3. The van der Waals surface area contributed by atoms with Gasteiger partial charge in [-0.2, -0.15) is 17.6 Å². The molecule has 0 aliphatic heterocycles. The molecule has 13 heteroatoms. The van der Waals surface area contributed by atoms with E-state index in [9.17, 15) is 39.5 Å². The highest BCUT2D eigenvalue weighted by Crippen LogP contribution is 2.45. The van der Waals surface area contributed by atoms with Crippen molar-refractivity contribution in [2.75, 3.05) is 11.5 Å². The van der Waals surface area contributed by atoms with Crippen molar-refractivity contribution >= 4 is 11.4 Å². The predicted molar refractivity (Wildman–Crippen MR) is 93.0 cm³/mol. The van der Waals surface area contributed by atoms with Crippen LogP contribution in [0.5, 0.6) is 23.0 Å². The molecule has 4 nitrogen and oxygen atoms in total. The standard InChI is InChI=1S/C19H9F9N2O2/c20-6-1-3-8(14(23)17(6)29)31-10-5-11(13(22)16(25)12(10)19(26,27)28)32-9-4-2-7(21)18(30)15(9)24/h1-5H,29-30H2. The molecule has 0 saturated heterocycles. The third kappa shape index (κ3) is 4.05. The van der Waals surface area contributed by atoms with Crippen molar-refractivity contribution in [3.8, 4) is 23.0 Å². The Bertz CT molecular complexity index is 1210. The van der Waals surface area contributed by atoms with Gasteiger partial charge in [0, 0.05) is 6.07 Å². The van der Waals surface area contributed by atoms with Crippen molar-refractivity contribution in [3.05, 3.63) is 70.8 Å². The van der Waals surface area contributed by atoms with E-state index in [0.717, 1.165) is 0 Å². The minimum absolute atomic E-state index is 0.138. The fourth-order valence-electron chi connectivity index (χ4n) is 2.49. The first-order valence-electron chi connectivity index (χ1n) is 8.24. The number of ether oxygens (including phenoxy) is 2. The van der Waals surface area contributed by atoms with Crippen LogP contribution in [-0.4, -0.2) is 0 Å². The second-order valence-electron chi connectivity index (χ2n) is 6.12. The van der Waals surface area contributed by atoms with E-state index in [1.807, 2.05) is 0 Å². The third-order valence-corrected chi connectivity index (χ3v) is 4.04. The molecule has 0 aliphatic carbocycles. The van der Waals surface area contributed by atoms with Crippen molar-refractivity contribution in [1.82, 2.24) is 0 Å². The Labute approximate surface area is 172 Å². The van der Waals surface area contributed by atoms with Gasteiger partial charge in [-0.05, 0) is 24.3 Å². The number of nitrogen functional groups attached to an aromatic ring is 2. The largest absolute Gasteiger partial charge is 0.453 e. The number of anilines is 2. The highest BCUT2D eigenvalue weighted by Gasteiger charge is 2.41. The highest BCUT2D eigenvalue weighted by molar-refractivity contribution is 5.53. The Morgan fingerprint density at radius 2 is 1.00 bits per heavy atom. The quantitative estimate of drug-likeness (QED) is 0.349. The van der Waals surface area contributed by atoms with Crippen LogP contribution >= 0.6 is 0 Å². The van der Waals surface area contributed by atoms with E-state index in [-0.39, 0.29) is 6.07 Å². The molecule has 32 heavy (non-hydrogen) atoms. The van der Waals surface area contributed by atoms with Crippen LogP contribution in [0.1, 0.15) is 5.56 Å². The van der Waals surface area contributed by atoms with Gasteiger partial charge in [-0.1, -0.05) is 0 Å². The van der Waals surface area contributed by atoms with Crippen molar-refractivity contribution in [2.24, 2.45) is 0 Å². The van der Waals surface area contributed by atoms with Crippen LogP contribution < -0.4 is 20.9 Å². The molecule has 0 unspecified atom stereocenters. The van der Waals surface area contributed by atoms with E-state index < -0.39 is 81.0 Å². The van der Waals surface area contributed by atoms with Crippen LogP contribution in [0.4, 0.5) is 50.9 Å². The summed E-state index contributed by atoms with van der Waals surface area (Å²) in [5, 5.41) is 0. The first-order chi connectivity index (χ1) is 14.8. The van der Waals surface area contributed by atoms with Gasteiger partial charge in [0.05, 0.1) is 0 Å². The first-order valence-corrected chi connectivity index (χ1v) is 8.24. The topological polar surface area (TPSA) is 70.5 Å². The molecular formula is C19H9F9N2O2. The van der Waals surface area contributed by atoms with Gasteiger partial charge < -0.3 is 20.9 Å². The SMILES string of the molecule is Nc1c(F)ccc(Oc2cc(Oc3ccc(F)c(N)c3F)c(C(F)(F)F)c(F)c2F)c1F. The number of halogens is 9. The van der Waals surface area contributed by atoms with Crippen LogP contribution in [0.3, 0.4) is 0 Å². The molecule has 0 radical (unpaired) electrons. The summed E-state index contributed by atoms with van der Waals surface area (Å²) in [5.74, 6) is -15.3. The van der Waals surface area contributed by atoms with Crippen LogP contribution in [0, 0.1) is 34.9 Å². The fraction of sp³-hybridized carbons (Fsp3) is 0.0526. The number of hydrogen-bond donors (Lipinski definition) is 2. The maximum absolute atomic E-state index is 14.3. The molecule has 4 N–H and O–H groups in total. The van der Waals surface area contributed by atoms with Gasteiger partial charge >= 0.3 is 6.18 Å². The average Bonchev–Trinajstić information content (AvgIpc) is 2.71. The van der Waals surface area contributed by atoms with Crippen molar-refractivity contribution < 1.29 is 49.0 Å². The average molecular weight is 468 g/mol. The van der Waals surface area contributed by atoms with Gasteiger partial charge in [0.2, 0.25) is 5.82 Å². The van der Waals surface area contributed by atoms with E-state index >= 15 is 0 Å². The predicted octanol–water partition coefficient (Wildman–Crippen LogP) is 6.29. The molecule has 3 rings (SSSR count). The number of alkyl halides is 3. The van der Waals surface area contributed by atoms with Gasteiger partial charge in [0.1, 0.15) is 34.3 Å². The smallest absolute Gasteiger partial charge is 0.422 e. The molecule has 0 fully saturated rings. The van der Waals surface area contributed by atoms with E-state index in [2.05, 4.69) is 4.74 Å². The van der Waals surface area contributed by atoms with Crippen LogP contribution in [0.2, 0.25) is 0 Å². The number of rotatable bonds is 4. The second-order valence-corrected chi connectivity index (χ2v) is 6.12. The van der Waals surface area contributed by atoms with Crippen LogP contribution in [0.15, 0.2) is 30.3 Å². The Balaban J connectivity index is 2.17. The lowest BCUT2D eigenvalue weighted by Crippen LogP contribution is -2.13. The second kappa shape index (κ2) is 8.05. The van der Waals surface area contributed by atoms with Crippen molar-refractivity contribution in [3.63, 3.8) is 0 Å². The molecule has 0 atom stereocenters. The van der Waals surface area contributed by atoms with Crippen molar-refractivity contribution in [2.45, 2.75) is 6.18 Å². The zero-order valence-electron chi connectivity index (χ0n) is 15.3. The summed E-state index contributed by atoms with van der Waals surface area (Å²) in [7, 11) is 0. The van der Waals surface area contributed by atoms with Crippen molar-refractivity contribution in [1.29, 1.82) is 0 Å². The fourth-order valence-corrected chi connectivity index (χ4v) is 2.49. The lowest BCUT2D eigenvalue weighted by Gasteiger charge is -2.18. The van der Waals surface area contributed by atoms with Crippen LogP contribution in [0.25, 0.3) is 0 Å². The molecule has 3 aromatic rings. The Morgan fingerprint density at radius 3 is 1.44 bits per heavy atom. The molecule has 170 valence electrons.